The lowest BCUT2D eigenvalue weighted by molar-refractivity contribution is -0.274. The van der Waals surface area contributed by atoms with Crippen LogP contribution < -0.4 is 16.0 Å². The fourth-order valence-electron chi connectivity index (χ4n) is 1.66. The van der Waals surface area contributed by atoms with Gasteiger partial charge in [-0.25, -0.2) is 0 Å². The second-order valence-electron chi connectivity index (χ2n) is 3.93. The van der Waals surface area contributed by atoms with Crippen molar-refractivity contribution in [3.05, 3.63) is 29.8 Å². The third-order valence-electron chi connectivity index (χ3n) is 2.53. The Morgan fingerprint density at radius 2 is 1.95 bits per heavy atom. The number of alkyl halides is 3. The molecule has 1 aromatic rings. The number of halogens is 3. The molecule has 0 bridgehead atoms. The van der Waals surface area contributed by atoms with Crippen LogP contribution in [0.15, 0.2) is 24.3 Å². The molecule has 0 aromatic heterocycles. The monoisotopic (exact) mass is 272 g/mol. The summed E-state index contributed by atoms with van der Waals surface area (Å²) in [7, 11) is 0. The summed E-state index contributed by atoms with van der Waals surface area (Å²) < 4.78 is 39.8. The molecule has 19 heavy (non-hydrogen) atoms. The van der Waals surface area contributed by atoms with Gasteiger partial charge in [0.05, 0.1) is 0 Å². The highest BCUT2D eigenvalue weighted by molar-refractivity contribution is 5.29. The van der Waals surface area contributed by atoms with Gasteiger partial charge in [0.2, 0.25) is 0 Å². The molecule has 0 saturated carbocycles. The lowest BCUT2D eigenvalue weighted by atomic mass is 10.0. The number of nitrogens with one attached hydrogen (secondary N) is 1. The molecule has 0 amide bonds. The molecule has 104 valence electrons. The molecule has 0 spiro atoms. The minimum Gasteiger partial charge on any atom is -0.406 e. The first-order chi connectivity index (χ1) is 8.96. The van der Waals surface area contributed by atoms with Crippen molar-refractivity contribution in [1.82, 2.24) is 5.43 Å². The molecular formula is C13H15F3N2O. The summed E-state index contributed by atoms with van der Waals surface area (Å²) in [6, 6.07) is 5.46. The number of benzene rings is 1. The lowest BCUT2D eigenvalue weighted by Crippen LogP contribution is -2.28. The van der Waals surface area contributed by atoms with E-state index in [4.69, 9.17) is 12.3 Å². The second-order valence-corrected chi connectivity index (χ2v) is 3.93. The fourth-order valence-corrected chi connectivity index (χ4v) is 1.66. The van der Waals surface area contributed by atoms with Crippen LogP contribution in [0.5, 0.6) is 5.75 Å². The Bertz CT molecular complexity index is 423. The minimum atomic E-state index is -4.68. The van der Waals surface area contributed by atoms with Crippen LogP contribution in [0.4, 0.5) is 13.2 Å². The van der Waals surface area contributed by atoms with Gasteiger partial charge < -0.3 is 4.74 Å². The summed E-state index contributed by atoms with van der Waals surface area (Å²) in [5, 5.41) is 0. The molecule has 1 unspecified atom stereocenters. The standard InChI is InChI=1S/C13H15F3N2O/c1-2-3-4-5-12(18-17)10-6-8-11(9-7-10)19-13(14,15)16/h1,6-9,12,18H,3-5,17H2. The van der Waals surface area contributed by atoms with Crippen LogP contribution in [-0.4, -0.2) is 6.36 Å². The van der Waals surface area contributed by atoms with E-state index in [0.717, 1.165) is 12.0 Å². The predicted octanol–water partition coefficient (Wildman–Crippen LogP) is 2.89. The molecular weight excluding hydrogens is 257 g/mol. The first-order valence-electron chi connectivity index (χ1n) is 5.71. The number of rotatable bonds is 6. The van der Waals surface area contributed by atoms with Crippen molar-refractivity contribution in [2.24, 2.45) is 5.84 Å². The Hall–Kier alpha value is -1.71. The molecule has 0 aliphatic rings. The van der Waals surface area contributed by atoms with E-state index in [-0.39, 0.29) is 11.8 Å². The molecule has 0 fully saturated rings. The maximum absolute atomic E-state index is 12.0. The van der Waals surface area contributed by atoms with Crippen molar-refractivity contribution in [1.29, 1.82) is 0 Å². The molecule has 0 aliphatic heterocycles. The Kier molecular flexibility index (Phi) is 5.67. The number of unbranched alkanes of at least 4 members (excludes halogenated alkanes) is 1. The molecule has 3 N–H and O–H groups in total. The molecule has 0 aliphatic carbocycles. The molecule has 1 atom stereocenters. The number of terminal acetylenes is 1. The van der Waals surface area contributed by atoms with Crippen molar-refractivity contribution >= 4 is 0 Å². The van der Waals surface area contributed by atoms with Gasteiger partial charge in [-0.3, -0.25) is 11.3 Å². The van der Waals surface area contributed by atoms with Crippen molar-refractivity contribution in [3.63, 3.8) is 0 Å². The van der Waals surface area contributed by atoms with E-state index < -0.39 is 6.36 Å². The van der Waals surface area contributed by atoms with Crippen LogP contribution in [0.25, 0.3) is 0 Å². The minimum absolute atomic E-state index is 0.145. The maximum Gasteiger partial charge on any atom is 0.573 e. The summed E-state index contributed by atoms with van der Waals surface area (Å²) >= 11 is 0. The van der Waals surface area contributed by atoms with Gasteiger partial charge in [0.15, 0.2) is 0 Å². The zero-order valence-electron chi connectivity index (χ0n) is 10.2. The van der Waals surface area contributed by atoms with Gasteiger partial charge in [-0.05, 0) is 30.5 Å². The molecule has 6 heteroatoms. The maximum atomic E-state index is 12.0. The SMILES string of the molecule is C#CCCCC(NN)c1ccc(OC(F)(F)F)cc1. The van der Waals surface area contributed by atoms with Gasteiger partial charge in [0.1, 0.15) is 5.75 Å². The van der Waals surface area contributed by atoms with Crippen molar-refractivity contribution < 1.29 is 17.9 Å². The summed E-state index contributed by atoms with van der Waals surface area (Å²) in [6.45, 7) is 0. The topological polar surface area (TPSA) is 47.3 Å². The molecule has 0 radical (unpaired) electrons. The third kappa shape index (κ3) is 5.64. The number of hydrogen-bond donors (Lipinski definition) is 2. The molecule has 0 saturated heterocycles. The quantitative estimate of drug-likeness (QED) is 0.362. The van der Waals surface area contributed by atoms with Gasteiger partial charge in [0.25, 0.3) is 0 Å². The van der Waals surface area contributed by atoms with E-state index >= 15 is 0 Å². The van der Waals surface area contributed by atoms with E-state index in [1.807, 2.05) is 0 Å². The number of nitrogens with two attached hydrogens (primary N) is 1. The van der Waals surface area contributed by atoms with Gasteiger partial charge in [0, 0.05) is 12.5 Å². The Balaban J connectivity index is 2.65. The highest BCUT2D eigenvalue weighted by atomic mass is 19.4. The summed E-state index contributed by atoms with van der Waals surface area (Å²) in [4.78, 5) is 0. The van der Waals surface area contributed by atoms with E-state index in [9.17, 15) is 13.2 Å². The van der Waals surface area contributed by atoms with Crippen molar-refractivity contribution in [3.8, 4) is 18.1 Å². The first kappa shape index (κ1) is 15.3. The Labute approximate surface area is 109 Å². The molecule has 1 rings (SSSR count). The average Bonchev–Trinajstić information content (AvgIpc) is 2.34. The summed E-state index contributed by atoms with van der Waals surface area (Å²) in [6.07, 6.45) is 2.59. The van der Waals surface area contributed by atoms with Crippen LogP contribution in [0.1, 0.15) is 30.9 Å². The molecule has 3 nitrogen and oxygen atoms in total. The Morgan fingerprint density at radius 3 is 2.42 bits per heavy atom. The van der Waals surface area contributed by atoms with Crippen LogP contribution in [0, 0.1) is 12.3 Å². The first-order valence-corrected chi connectivity index (χ1v) is 5.71. The molecule has 0 heterocycles. The Morgan fingerprint density at radius 1 is 1.32 bits per heavy atom. The van der Waals surface area contributed by atoms with Gasteiger partial charge >= 0.3 is 6.36 Å². The van der Waals surface area contributed by atoms with Crippen LogP contribution >= 0.6 is 0 Å². The fraction of sp³-hybridized carbons (Fsp3) is 0.385. The zero-order chi connectivity index (χ0) is 14.3. The number of hydrazine groups is 1. The van der Waals surface area contributed by atoms with Gasteiger partial charge in [-0.15, -0.1) is 25.5 Å². The van der Waals surface area contributed by atoms with Crippen LogP contribution in [-0.2, 0) is 0 Å². The van der Waals surface area contributed by atoms with Crippen molar-refractivity contribution in [2.45, 2.75) is 31.7 Å². The van der Waals surface area contributed by atoms with Gasteiger partial charge in [-0.1, -0.05) is 12.1 Å². The lowest BCUT2D eigenvalue weighted by Gasteiger charge is -2.16. The normalized spacial score (nSPS) is 12.8. The largest absolute Gasteiger partial charge is 0.573 e. The van der Waals surface area contributed by atoms with E-state index in [0.29, 0.717) is 12.8 Å². The smallest absolute Gasteiger partial charge is 0.406 e. The number of ether oxygens (including phenoxy) is 1. The van der Waals surface area contributed by atoms with E-state index in [2.05, 4.69) is 16.1 Å². The molecule has 1 aromatic carbocycles. The predicted molar refractivity (Wildman–Crippen MR) is 65.9 cm³/mol. The third-order valence-corrected chi connectivity index (χ3v) is 2.53. The van der Waals surface area contributed by atoms with Crippen LogP contribution in [0.2, 0.25) is 0 Å². The van der Waals surface area contributed by atoms with Gasteiger partial charge in [-0.2, -0.15) is 0 Å². The summed E-state index contributed by atoms with van der Waals surface area (Å²) in [5.41, 5.74) is 3.40. The second kappa shape index (κ2) is 7.02. The summed E-state index contributed by atoms with van der Waals surface area (Å²) in [5.74, 6) is 7.68. The highest BCUT2D eigenvalue weighted by Crippen LogP contribution is 2.25. The average molecular weight is 272 g/mol. The zero-order valence-corrected chi connectivity index (χ0v) is 10.2. The van der Waals surface area contributed by atoms with E-state index in [1.54, 1.807) is 12.1 Å². The highest BCUT2D eigenvalue weighted by Gasteiger charge is 2.31. The van der Waals surface area contributed by atoms with E-state index in [1.165, 1.54) is 12.1 Å². The van der Waals surface area contributed by atoms with Crippen molar-refractivity contribution in [2.75, 3.05) is 0 Å². The van der Waals surface area contributed by atoms with Crippen LogP contribution in [0.3, 0.4) is 0 Å². The number of hydrogen-bond acceptors (Lipinski definition) is 3.